The predicted molar refractivity (Wildman–Crippen MR) is 133 cm³/mol. The fourth-order valence-electron chi connectivity index (χ4n) is 4.30. The van der Waals surface area contributed by atoms with Crippen molar-refractivity contribution in [3.8, 4) is 6.07 Å². The van der Waals surface area contributed by atoms with Crippen LogP contribution in [0.25, 0.3) is 5.57 Å². The van der Waals surface area contributed by atoms with Crippen molar-refractivity contribution >= 4 is 23.9 Å². The Morgan fingerprint density at radius 2 is 1.94 bits per heavy atom. The van der Waals surface area contributed by atoms with Gasteiger partial charge in [0.25, 0.3) is 5.91 Å². The molecular weight excluding hydrogens is 394 g/mol. The first-order chi connectivity index (χ1) is 15.2. The van der Waals surface area contributed by atoms with Crippen LogP contribution in [0.3, 0.4) is 0 Å². The average molecular weight is 428 g/mol. The minimum atomic E-state index is -0.556. The van der Waals surface area contributed by atoms with Crippen molar-refractivity contribution < 1.29 is 4.79 Å². The third-order valence-electron chi connectivity index (χ3n) is 6.17. The van der Waals surface area contributed by atoms with Crippen LogP contribution >= 0.6 is 0 Å². The third-order valence-corrected chi connectivity index (χ3v) is 6.17. The number of carbonyl (C=O) groups excluding carboxylic acids is 1. The summed E-state index contributed by atoms with van der Waals surface area (Å²) < 4.78 is 0. The van der Waals surface area contributed by atoms with Crippen LogP contribution in [0.4, 0.5) is 5.69 Å². The monoisotopic (exact) mass is 427 g/mol. The van der Waals surface area contributed by atoms with E-state index >= 15 is 0 Å². The molecule has 0 fully saturated rings. The summed E-state index contributed by atoms with van der Waals surface area (Å²) in [4.78, 5) is 15.9. The highest BCUT2D eigenvalue weighted by molar-refractivity contribution is 6.06. The Morgan fingerprint density at radius 1 is 1.22 bits per heavy atom. The van der Waals surface area contributed by atoms with E-state index in [1.54, 1.807) is 0 Å². The first-order valence-electron chi connectivity index (χ1n) is 11.3. The predicted octanol–water partition coefficient (Wildman–Crippen LogP) is 6.47. The van der Waals surface area contributed by atoms with Crippen LogP contribution in [-0.4, -0.2) is 19.2 Å². The topological polar surface area (TPSA) is 65.2 Å². The average Bonchev–Trinajstić information content (AvgIpc) is 3.15. The van der Waals surface area contributed by atoms with Gasteiger partial charge in [-0.15, -0.1) is 0 Å². The number of benzene rings is 2. The lowest BCUT2D eigenvalue weighted by Gasteiger charge is -2.19. The first-order valence-corrected chi connectivity index (χ1v) is 11.3. The molecule has 3 rings (SSSR count). The van der Waals surface area contributed by atoms with Crippen LogP contribution in [0.5, 0.6) is 0 Å². The van der Waals surface area contributed by atoms with E-state index in [2.05, 4.69) is 62.1 Å². The number of anilines is 1. The highest BCUT2D eigenvalue weighted by atomic mass is 16.1. The minimum absolute atomic E-state index is 0.0952. The van der Waals surface area contributed by atoms with E-state index in [0.717, 1.165) is 48.2 Å². The van der Waals surface area contributed by atoms with Gasteiger partial charge in [0.15, 0.2) is 0 Å². The van der Waals surface area contributed by atoms with Gasteiger partial charge in [-0.25, -0.2) is 4.99 Å². The second-order valence-electron chi connectivity index (χ2n) is 9.89. The Hall–Kier alpha value is -3.19. The second kappa shape index (κ2) is 9.96. The normalized spacial score (nSPS) is 16.0. The molecule has 1 aliphatic rings. The molecular formula is C28H33N3O. The third kappa shape index (κ3) is 5.73. The molecule has 1 aliphatic carbocycles. The Bertz CT molecular complexity index is 1070. The zero-order chi connectivity index (χ0) is 23.3. The summed E-state index contributed by atoms with van der Waals surface area (Å²) in [7, 11) is 0. The zero-order valence-electron chi connectivity index (χ0n) is 19.7. The van der Waals surface area contributed by atoms with Crippen LogP contribution in [0.1, 0.15) is 68.2 Å². The number of aryl methyl sites for hydroxylation is 2. The summed E-state index contributed by atoms with van der Waals surface area (Å²) in [6.45, 7) is 13.1. The molecule has 0 aliphatic heterocycles. The van der Waals surface area contributed by atoms with E-state index in [1.807, 2.05) is 31.2 Å². The van der Waals surface area contributed by atoms with E-state index in [0.29, 0.717) is 11.8 Å². The first kappa shape index (κ1) is 23.5. The lowest BCUT2D eigenvalue weighted by molar-refractivity contribution is -0.113. The number of nitriles is 1. The van der Waals surface area contributed by atoms with Gasteiger partial charge in [-0.05, 0) is 85.1 Å². The SMILES string of the molecule is C=NC(=O)/C(C#N)=C(\C[C@H]1CCc2cc(NCCC(C)(C)C)ccc21)c1ccc(C)cc1. The quantitative estimate of drug-likeness (QED) is 0.313. The lowest BCUT2D eigenvalue weighted by atomic mass is 9.87. The van der Waals surface area contributed by atoms with Crippen molar-refractivity contribution in [2.24, 2.45) is 10.4 Å². The number of carbonyl (C=O) groups is 1. The van der Waals surface area contributed by atoms with E-state index in [1.165, 1.54) is 11.1 Å². The van der Waals surface area contributed by atoms with Crippen LogP contribution in [0, 0.1) is 23.7 Å². The number of hydrogen-bond acceptors (Lipinski definition) is 3. The Labute approximate surface area is 192 Å². The van der Waals surface area contributed by atoms with Crippen LogP contribution in [0.2, 0.25) is 0 Å². The maximum Gasteiger partial charge on any atom is 0.287 e. The van der Waals surface area contributed by atoms with E-state index in [4.69, 9.17) is 0 Å². The number of hydrogen-bond donors (Lipinski definition) is 1. The maximum absolute atomic E-state index is 12.3. The van der Waals surface area contributed by atoms with Crippen molar-refractivity contribution in [1.82, 2.24) is 0 Å². The fourth-order valence-corrected chi connectivity index (χ4v) is 4.30. The Morgan fingerprint density at radius 3 is 2.56 bits per heavy atom. The molecule has 1 N–H and O–H groups in total. The smallest absolute Gasteiger partial charge is 0.287 e. The largest absolute Gasteiger partial charge is 0.385 e. The highest BCUT2D eigenvalue weighted by Gasteiger charge is 2.26. The molecule has 2 aromatic carbocycles. The molecule has 0 heterocycles. The molecule has 0 unspecified atom stereocenters. The molecule has 0 radical (unpaired) electrons. The molecule has 166 valence electrons. The van der Waals surface area contributed by atoms with E-state index in [-0.39, 0.29) is 11.5 Å². The number of nitrogens with zero attached hydrogens (tertiary/aromatic N) is 2. The summed E-state index contributed by atoms with van der Waals surface area (Å²) in [5, 5.41) is 13.3. The standard InChI is InChI=1S/C28H33N3O/c1-19-6-8-20(9-7-19)25(26(18-29)27(32)30-5)17-22-11-10-21-16-23(12-13-24(21)22)31-15-14-28(2,3)4/h6-9,12-13,16,22,31H,5,10-11,14-15,17H2,1-4H3/b26-25+/t22-/m1/s1. The van der Waals surface area contributed by atoms with Crippen LogP contribution < -0.4 is 5.32 Å². The summed E-state index contributed by atoms with van der Waals surface area (Å²) in [6, 6.07) is 16.7. The number of aliphatic imine (C=N–C) groups is 1. The molecule has 1 amide bonds. The maximum atomic E-state index is 12.3. The van der Waals surface area contributed by atoms with Gasteiger partial charge in [-0.1, -0.05) is 56.7 Å². The molecule has 0 saturated carbocycles. The summed E-state index contributed by atoms with van der Waals surface area (Å²) >= 11 is 0. The minimum Gasteiger partial charge on any atom is -0.385 e. The molecule has 2 aromatic rings. The van der Waals surface area contributed by atoms with Gasteiger partial charge in [0.2, 0.25) is 0 Å². The highest BCUT2D eigenvalue weighted by Crippen LogP contribution is 2.41. The van der Waals surface area contributed by atoms with Crippen LogP contribution in [-0.2, 0) is 11.2 Å². The number of fused-ring (bicyclic) bond motifs is 1. The van der Waals surface area contributed by atoms with E-state index in [9.17, 15) is 10.1 Å². The molecule has 1 atom stereocenters. The molecule has 0 saturated heterocycles. The van der Waals surface area contributed by atoms with Gasteiger partial charge in [0.05, 0.1) is 0 Å². The summed E-state index contributed by atoms with van der Waals surface area (Å²) in [5.41, 5.74) is 7.03. The van der Waals surface area contributed by atoms with Crippen molar-refractivity contribution in [3.05, 3.63) is 70.3 Å². The van der Waals surface area contributed by atoms with Crippen LogP contribution in [0.15, 0.2) is 53.0 Å². The van der Waals surface area contributed by atoms with Crippen molar-refractivity contribution in [1.29, 1.82) is 5.26 Å². The number of rotatable bonds is 7. The van der Waals surface area contributed by atoms with Gasteiger partial charge in [-0.3, -0.25) is 4.79 Å². The van der Waals surface area contributed by atoms with Crippen molar-refractivity contribution in [2.75, 3.05) is 11.9 Å². The summed E-state index contributed by atoms with van der Waals surface area (Å²) in [6.07, 6.45) is 3.76. The van der Waals surface area contributed by atoms with Crippen molar-refractivity contribution in [3.63, 3.8) is 0 Å². The van der Waals surface area contributed by atoms with Gasteiger partial charge in [-0.2, -0.15) is 5.26 Å². The van der Waals surface area contributed by atoms with Crippen molar-refractivity contribution in [2.45, 2.75) is 59.3 Å². The van der Waals surface area contributed by atoms with Gasteiger partial charge < -0.3 is 5.32 Å². The Kier molecular flexibility index (Phi) is 7.30. The fraction of sp³-hybridized carbons (Fsp3) is 0.393. The second-order valence-corrected chi connectivity index (χ2v) is 9.89. The molecule has 4 nitrogen and oxygen atoms in total. The number of amides is 1. The molecule has 0 aromatic heterocycles. The molecule has 0 spiro atoms. The Balaban J connectivity index is 1.86. The molecule has 32 heavy (non-hydrogen) atoms. The number of allylic oxidation sites excluding steroid dienone is 1. The van der Waals surface area contributed by atoms with Gasteiger partial charge in [0, 0.05) is 12.2 Å². The molecule has 4 heteroatoms. The number of nitrogens with one attached hydrogen (secondary N) is 1. The van der Waals surface area contributed by atoms with Gasteiger partial charge >= 0.3 is 0 Å². The van der Waals surface area contributed by atoms with E-state index < -0.39 is 5.91 Å². The lowest BCUT2D eigenvalue weighted by Crippen LogP contribution is -2.12. The zero-order valence-corrected chi connectivity index (χ0v) is 19.7. The molecule has 0 bridgehead atoms. The van der Waals surface area contributed by atoms with Gasteiger partial charge in [0.1, 0.15) is 11.6 Å². The summed E-state index contributed by atoms with van der Waals surface area (Å²) in [5.74, 6) is -0.286.